The quantitative estimate of drug-likeness (QED) is 0.473. The smallest absolute Gasteiger partial charge is 0.336 e. The molecule has 0 fully saturated rings. The van der Waals surface area contributed by atoms with Crippen LogP contribution in [-0.2, 0) is 0 Å². The molecule has 0 amide bonds. The van der Waals surface area contributed by atoms with Gasteiger partial charge in [0.25, 0.3) is 0 Å². The van der Waals surface area contributed by atoms with Crippen LogP contribution < -0.4 is 15.1 Å². The van der Waals surface area contributed by atoms with Crippen LogP contribution in [-0.4, -0.2) is 19.0 Å². The van der Waals surface area contributed by atoms with Crippen molar-refractivity contribution in [1.82, 2.24) is 0 Å². The van der Waals surface area contributed by atoms with Gasteiger partial charge in [0.1, 0.15) is 17.1 Å². The summed E-state index contributed by atoms with van der Waals surface area (Å²) in [7, 11) is 0. The maximum atomic E-state index is 12.3. The van der Waals surface area contributed by atoms with Crippen LogP contribution in [0.5, 0.6) is 11.5 Å². The predicted octanol–water partition coefficient (Wildman–Crippen LogP) is 4.42. The molecule has 0 unspecified atom stereocenters. The summed E-state index contributed by atoms with van der Waals surface area (Å²) in [6.45, 7) is 4.07. The van der Waals surface area contributed by atoms with Gasteiger partial charge in [0, 0.05) is 23.1 Å². The fourth-order valence-electron chi connectivity index (χ4n) is 2.56. The molecule has 0 atom stereocenters. The van der Waals surface area contributed by atoms with Crippen LogP contribution in [0.25, 0.3) is 11.0 Å². The normalized spacial score (nSPS) is 10.7. The number of carbonyl (C=O) groups excluding carboxylic acids is 1. The van der Waals surface area contributed by atoms with Gasteiger partial charge in [-0.3, -0.25) is 4.79 Å². The number of fused-ring (bicyclic) bond motifs is 1. The first kappa shape index (κ1) is 18.0. The summed E-state index contributed by atoms with van der Waals surface area (Å²) in [6, 6.07) is 11.4. The highest BCUT2D eigenvalue weighted by molar-refractivity contribution is 6.32. The van der Waals surface area contributed by atoms with E-state index in [0.717, 1.165) is 10.9 Å². The lowest BCUT2D eigenvalue weighted by Gasteiger charge is -2.10. The molecule has 3 rings (SSSR count). The van der Waals surface area contributed by atoms with Crippen molar-refractivity contribution in [3.8, 4) is 11.5 Å². The molecule has 0 spiro atoms. The average molecular weight is 373 g/mol. The minimum atomic E-state index is -0.450. The lowest BCUT2D eigenvalue weighted by atomic mass is 10.1. The van der Waals surface area contributed by atoms with Gasteiger partial charge in [0.2, 0.25) is 0 Å². The van der Waals surface area contributed by atoms with E-state index in [4.69, 9.17) is 25.5 Å². The molecule has 1 aromatic heterocycles. The molecular formula is C20H17ClO5. The Kier molecular flexibility index (Phi) is 5.28. The minimum Gasteiger partial charge on any atom is -0.494 e. The summed E-state index contributed by atoms with van der Waals surface area (Å²) in [5, 5.41) is 1.06. The van der Waals surface area contributed by atoms with Gasteiger partial charge in [0.05, 0.1) is 11.6 Å². The summed E-state index contributed by atoms with van der Waals surface area (Å²) in [6.07, 6.45) is 0. The zero-order chi connectivity index (χ0) is 18.7. The summed E-state index contributed by atoms with van der Waals surface area (Å²) in [4.78, 5) is 23.8. The lowest BCUT2D eigenvalue weighted by molar-refractivity contribution is 0.0921. The van der Waals surface area contributed by atoms with Gasteiger partial charge >= 0.3 is 5.63 Å². The highest BCUT2D eigenvalue weighted by atomic mass is 35.5. The number of hydrogen-bond acceptors (Lipinski definition) is 5. The van der Waals surface area contributed by atoms with Crippen LogP contribution in [0.2, 0.25) is 5.02 Å². The van der Waals surface area contributed by atoms with Gasteiger partial charge in [-0.15, -0.1) is 0 Å². The molecule has 0 saturated heterocycles. The largest absolute Gasteiger partial charge is 0.494 e. The molecule has 0 aliphatic rings. The van der Waals surface area contributed by atoms with Gasteiger partial charge < -0.3 is 13.9 Å². The van der Waals surface area contributed by atoms with E-state index in [1.807, 2.05) is 6.92 Å². The number of ketones is 1. The van der Waals surface area contributed by atoms with Crippen LogP contribution in [0, 0.1) is 6.92 Å². The number of Topliss-reactive ketones (excluding diaryl/α,β-unsaturated/α-hetero) is 1. The van der Waals surface area contributed by atoms with E-state index in [9.17, 15) is 9.59 Å². The minimum absolute atomic E-state index is 0.185. The van der Waals surface area contributed by atoms with E-state index in [0.29, 0.717) is 28.5 Å². The van der Waals surface area contributed by atoms with E-state index in [-0.39, 0.29) is 18.1 Å². The second-order valence-corrected chi connectivity index (χ2v) is 6.10. The zero-order valence-corrected chi connectivity index (χ0v) is 15.1. The molecule has 0 saturated carbocycles. The Bertz CT molecular complexity index is 1010. The zero-order valence-electron chi connectivity index (χ0n) is 14.4. The summed E-state index contributed by atoms with van der Waals surface area (Å²) in [5.41, 5.74) is 1.18. The van der Waals surface area contributed by atoms with Crippen molar-refractivity contribution in [2.45, 2.75) is 13.8 Å². The Balaban J connectivity index is 1.77. The Hall–Kier alpha value is -2.79. The summed E-state index contributed by atoms with van der Waals surface area (Å²) < 4.78 is 16.1. The third-order valence-electron chi connectivity index (χ3n) is 3.85. The van der Waals surface area contributed by atoms with Crippen LogP contribution in [0.3, 0.4) is 0 Å². The first-order valence-corrected chi connectivity index (χ1v) is 8.48. The van der Waals surface area contributed by atoms with Crippen LogP contribution in [0.15, 0.2) is 51.7 Å². The fourth-order valence-corrected chi connectivity index (χ4v) is 2.78. The molecule has 0 bridgehead atoms. The highest BCUT2D eigenvalue weighted by Crippen LogP contribution is 2.31. The van der Waals surface area contributed by atoms with Crippen LogP contribution in [0.4, 0.5) is 0 Å². The average Bonchev–Trinajstić information content (AvgIpc) is 2.61. The number of aryl methyl sites for hydroxylation is 1. The molecular weight excluding hydrogens is 356 g/mol. The third-order valence-corrected chi connectivity index (χ3v) is 4.15. The summed E-state index contributed by atoms with van der Waals surface area (Å²) >= 11 is 6.23. The van der Waals surface area contributed by atoms with E-state index >= 15 is 0 Å². The molecule has 3 aromatic rings. The van der Waals surface area contributed by atoms with Crippen molar-refractivity contribution in [2.24, 2.45) is 0 Å². The van der Waals surface area contributed by atoms with Crippen molar-refractivity contribution >= 4 is 28.4 Å². The molecule has 2 aromatic carbocycles. The second kappa shape index (κ2) is 7.62. The number of benzene rings is 2. The van der Waals surface area contributed by atoms with Gasteiger partial charge in [-0.1, -0.05) is 11.6 Å². The van der Waals surface area contributed by atoms with E-state index < -0.39 is 5.63 Å². The standard InChI is InChI=1S/C20H17ClO5/c1-3-24-14-6-4-13(5-7-14)17(22)11-25-19-10-18-15(9-16(19)21)12(2)8-20(23)26-18/h4-10H,3,11H2,1-2H3. The molecule has 5 nitrogen and oxygen atoms in total. The first-order valence-electron chi connectivity index (χ1n) is 8.11. The maximum absolute atomic E-state index is 12.3. The van der Waals surface area contributed by atoms with Crippen molar-refractivity contribution in [1.29, 1.82) is 0 Å². The predicted molar refractivity (Wildman–Crippen MR) is 99.7 cm³/mol. The monoisotopic (exact) mass is 372 g/mol. The Morgan fingerprint density at radius 1 is 1.12 bits per heavy atom. The number of rotatable bonds is 6. The second-order valence-electron chi connectivity index (χ2n) is 5.70. The topological polar surface area (TPSA) is 65.7 Å². The Labute approximate surface area is 155 Å². The Morgan fingerprint density at radius 3 is 2.54 bits per heavy atom. The number of halogens is 1. The fraction of sp³-hybridized carbons (Fsp3) is 0.200. The van der Waals surface area contributed by atoms with Crippen molar-refractivity contribution in [2.75, 3.05) is 13.2 Å². The molecule has 0 radical (unpaired) electrons. The maximum Gasteiger partial charge on any atom is 0.336 e. The molecule has 0 aliphatic carbocycles. The van der Waals surface area contributed by atoms with Gasteiger partial charge in [-0.25, -0.2) is 4.79 Å². The first-order chi connectivity index (χ1) is 12.5. The van der Waals surface area contributed by atoms with Gasteiger partial charge in [0.15, 0.2) is 12.4 Å². The highest BCUT2D eigenvalue weighted by Gasteiger charge is 2.12. The van der Waals surface area contributed by atoms with Crippen LogP contribution in [0.1, 0.15) is 22.8 Å². The third kappa shape index (κ3) is 3.89. The van der Waals surface area contributed by atoms with Gasteiger partial charge in [-0.2, -0.15) is 0 Å². The van der Waals surface area contributed by atoms with E-state index in [1.165, 1.54) is 12.1 Å². The lowest BCUT2D eigenvalue weighted by Crippen LogP contribution is -2.12. The Morgan fingerprint density at radius 2 is 1.85 bits per heavy atom. The molecule has 0 aliphatic heterocycles. The molecule has 6 heteroatoms. The number of hydrogen-bond donors (Lipinski definition) is 0. The molecule has 0 N–H and O–H groups in total. The van der Waals surface area contributed by atoms with Crippen molar-refractivity contribution < 1.29 is 18.7 Å². The molecule has 134 valence electrons. The SMILES string of the molecule is CCOc1ccc(C(=O)COc2cc3oc(=O)cc(C)c3cc2Cl)cc1. The summed E-state index contributed by atoms with van der Waals surface area (Å²) in [5.74, 6) is 0.787. The van der Waals surface area contributed by atoms with Crippen molar-refractivity contribution in [3.05, 3.63) is 69.0 Å². The molecule has 26 heavy (non-hydrogen) atoms. The molecule has 1 heterocycles. The van der Waals surface area contributed by atoms with Gasteiger partial charge in [-0.05, 0) is 49.7 Å². The van der Waals surface area contributed by atoms with E-state index in [1.54, 1.807) is 37.3 Å². The number of carbonyl (C=O) groups is 1. The van der Waals surface area contributed by atoms with E-state index in [2.05, 4.69) is 0 Å². The number of ether oxygens (including phenoxy) is 2. The van der Waals surface area contributed by atoms with Crippen molar-refractivity contribution in [3.63, 3.8) is 0 Å². The van der Waals surface area contributed by atoms with Crippen LogP contribution >= 0.6 is 11.6 Å².